The number of carbonyl (C=O) groups is 2. The molecule has 0 aromatic heterocycles. The number of carboxylic acids is 2. The monoisotopic (exact) mass is 389 g/mol. The molecule has 0 unspecified atom stereocenters. The Morgan fingerprint density at radius 1 is 0.846 bits per heavy atom. The van der Waals surface area contributed by atoms with Crippen LogP contribution in [0.4, 0.5) is 26.3 Å². The Kier molecular flexibility index (Phi) is 9.70. The van der Waals surface area contributed by atoms with E-state index in [1.807, 2.05) is 0 Å². The highest BCUT2D eigenvalue weighted by molar-refractivity contribution is 5.73. The van der Waals surface area contributed by atoms with E-state index in [0.29, 0.717) is 0 Å². The fraction of sp³-hybridized carbons (Fsp3) is 0.467. The van der Waals surface area contributed by atoms with Crippen LogP contribution in [0, 0.1) is 0 Å². The van der Waals surface area contributed by atoms with Gasteiger partial charge in [0.25, 0.3) is 0 Å². The van der Waals surface area contributed by atoms with E-state index in [1.165, 1.54) is 31.5 Å². The predicted octanol–water partition coefficient (Wildman–Crippen LogP) is 3.55. The summed E-state index contributed by atoms with van der Waals surface area (Å²) in [5, 5.41) is 14.2. The zero-order valence-electron chi connectivity index (χ0n) is 13.3. The zero-order chi connectivity index (χ0) is 20.4. The summed E-state index contributed by atoms with van der Waals surface area (Å²) in [5.41, 5.74) is 1.44. The number of hydrogen-bond donors (Lipinski definition) is 2. The van der Waals surface area contributed by atoms with Gasteiger partial charge in [0.05, 0.1) is 0 Å². The van der Waals surface area contributed by atoms with Gasteiger partial charge in [0.15, 0.2) is 0 Å². The van der Waals surface area contributed by atoms with Crippen molar-refractivity contribution in [3.63, 3.8) is 0 Å². The van der Waals surface area contributed by atoms with Gasteiger partial charge >= 0.3 is 24.3 Å². The number of likely N-dealkylation sites (tertiary alicyclic amines) is 1. The molecule has 1 aliphatic rings. The fourth-order valence-electron chi connectivity index (χ4n) is 1.78. The van der Waals surface area contributed by atoms with Crippen molar-refractivity contribution in [1.82, 2.24) is 4.90 Å². The van der Waals surface area contributed by atoms with Crippen molar-refractivity contribution < 1.29 is 46.1 Å². The number of carboxylic acid groups (broad SMARTS) is 2. The number of halogens is 6. The van der Waals surface area contributed by atoms with Crippen LogP contribution in [0.15, 0.2) is 30.3 Å². The van der Waals surface area contributed by atoms with Crippen LogP contribution in [0.1, 0.15) is 18.4 Å². The molecule has 0 radical (unpaired) electrons. The van der Waals surface area contributed by atoms with Gasteiger partial charge in [0, 0.05) is 6.54 Å². The van der Waals surface area contributed by atoms with E-state index in [0.717, 1.165) is 6.54 Å². The van der Waals surface area contributed by atoms with Gasteiger partial charge in [-0.2, -0.15) is 26.3 Å². The van der Waals surface area contributed by atoms with E-state index in [4.69, 9.17) is 19.8 Å². The first-order valence-electron chi connectivity index (χ1n) is 7.20. The van der Waals surface area contributed by atoms with Crippen LogP contribution in [-0.2, 0) is 16.1 Å². The molecule has 148 valence electrons. The maximum absolute atomic E-state index is 10.6. The quantitative estimate of drug-likeness (QED) is 0.757. The lowest BCUT2D eigenvalue weighted by Crippen LogP contribution is -2.21. The van der Waals surface area contributed by atoms with Crippen molar-refractivity contribution in [3.8, 4) is 0 Å². The molecular weight excluding hydrogens is 372 g/mol. The molecule has 1 aliphatic heterocycles. The molecule has 0 atom stereocenters. The summed E-state index contributed by atoms with van der Waals surface area (Å²) in [6.07, 6.45) is -7.40. The van der Waals surface area contributed by atoms with E-state index < -0.39 is 24.3 Å². The number of hydrogen-bond acceptors (Lipinski definition) is 3. The highest BCUT2D eigenvalue weighted by Gasteiger charge is 2.38. The van der Waals surface area contributed by atoms with Gasteiger partial charge in [-0.3, -0.25) is 4.90 Å². The highest BCUT2D eigenvalue weighted by atomic mass is 19.4. The van der Waals surface area contributed by atoms with Crippen molar-refractivity contribution in [2.75, 3.05) is 13.1 Å². The van der Waals surface area contributed by atoms with Gasteiger partial charge in [0.2, 0.25) is 0 Å². The maximum atomic E-state index is 10.6. The minimum atomic E-state index is -5.08. The topological polar surface area (TPSA) is 77.8 Å². The zero-order valence-corrected chi connectivity index (χ0v) is 13.3. The summed E-state index contributed by atoms with van der Waals surface area (Å²) in [6.45, 7) is 3.71. The summed E-state index contributed by atoms with van der Waals surface area (Å²) in [4.78, 5) is 20.3. The lowest BCUT2D eigenvalue weighted by atomic mass is 10.2. The Balaban J connectivity index is 0.000000390. The smallest absolute Gasteiger partial charge is 0.475 e. The van der Waals surface area contributed by atoms with Gasteiger partial charge < -0.3 is 10.2 Å². The van der Waals surface area contributed by atoms with Crippen LogP contribution >= 0.6 is 0 Å². The van der Waals surface area contributed by atoms with Crippen molar-refractivity contribution in [3.05, 3.63) is 35.9 Å². The SMILES string of the molecule is O=C(O)C(F)(F)F.O=C(O)C(F)(F)F.c1ccc(CN2CCCC2)cc1. The summed E-state index contributed by atoms with van der Waals surface area (Å²) >= 11 is 0. The molecule has 0 saturated carbocycles. The van der Waals surface area contributed by atoms with Crippen molar-refractivity contribution in [2.45, 2.75) is 31.7 Å². The molecule has 2 N–H and O–H groups in total. The molecule has 1 heterocycles. The predicted molar refractivity (Wildman–Crippen MR) is 78.3 cm³/mol. The Morgan fingerprint density at radius 2 is 1.19 bits per heavy atom. The lowest BCUT2D eigenvalue weighted by molar-refractivity contribution is -0.193. The number of nitrogens with zero attached hydrogens (tertiary/aromatic N) is 1. The van der Waals surface area contributed by atoms with Gasteiger partial charge in [-0.1, -0.05) is 30.3 Å². The van der Waals surface area contributed by atoms with E-state index in [-0.39, 0.29) is 0 Å². The van der Waals surface area contributed by atoms with Gasteiger partial charge in [-0.05, 0) is 31.5 Å². The summed E-state index contributed by atoms with van der Waals surface area (Å²) in [5.74, 6) is -5.51. The molecule has 2 rings (SSSR count). The van der Waals surface area contributed by atoms with Crippen LogP contribution in [0.2, 0.25) is 0 Å². The number of rotatable bonds is 2. The van der Waals surface area contributed by atoms with Crippen molar-refractivity contribution in [1.29, 1.82) is 0 Å². The van der Waals surface area contributed by atoms with Crippen LogP contribution in [0.3, 0.4) is 0 Å². The summed E-state index contributed by atoms with van der Waals surface area (Å²) in [7, 11) is 0. The van der Waals surface area contributed by atoms with Crippen LogP contribution in [0.25, 0.3) is 0 Å². The van der Waals surface area contributed by atoms with Crippen LogP contribution in [-0.4, -0.2) is 52.5 Å². The lowest BCUT2D eigenvalue weighted by Gasteiger charge is -2.13. The van der Waals surface area contributed by atoms with E-state index in [2.05, 4.69) is 35.2 Å². The molecule has 1 aromatic carbocycles. The Morgan fingerprint density at radius 3 is 1.50 bits per heavy atom. The maximum Gasteiger partial charge on any atom is 0.490 e. The molecule has 0 spiro atoms. The van der Waals surface area contributed by atoms with Gasteiger partial charge in [-0.25, -0.2) is 9.59 Å². The summed E-state index contributed by atoms with van der Waals surface area (Å²) in [6, 6.07) is 10.7. The van der Waals surface area contributed by atoms with Crippen molar-refractivity contribution in [2.24, 2.45) is 0 Å². The Hall–Kier alpha value is -2.30. The van der Waals surface area contributed by atoms with E-state index in [1.54, 1.807) is 0 Å². The second-order valence-corrected chi connectivity index (χ2v) is 5.07. The number of benzene rings is 1. The largest absolute Gasteiger partial charge is 0.490 e. The molecular formula is C15H17F6NO4. The molecule has 1 saturated heterocycles. The molecule has 1 aromatic rings. The normalized spacial score (nSPS) is 14.5. The molecule has 11 heteroatoms. The van der Waals surface area contributed by atoms with E-state index >= 15 is 0 Å². The first kappa shape index (κ1) is 23.7. The molecule has 0 amide bonds. The van der Waals surface area contributed by atoms with E-state index in [9.17, 15) is 26.3 Å². The molecule has 0 bridgehead atoms. The Bertz CT molecular complexity index is 529. The average Bonchev–Trinajstić information content (AvgIpc) is 3.00. The minimum Gasteiger partial charge on any atom is -0.475 e. The molecule has 0 aliphatic carbocycles. The van der Waals surface area contributed by atoms with Crippen LogP contribution in [0.5, 0.6) is 0 Å². The molecule has 1 fully saturated rings. The first-order chi connectivity index (χ1) is 11.8. The third kappa shape index (κ3) is 11.3. The molecule has 26 heavy (non-hydrogen) atoms. The standard InChI is InChI=1S/C11H15N.2C2HF3O2/c1-2-6-11(7-3-1)10-12-8-4-5-9-12;2*3-2(4,5)1(6)7/h1-3,6-7H,4-5,8-10H2;2*(H,6,7). The molecule has 5 nitrogen and oxygen atoms in total. The van der Waals surface area contributed by atoms with Crippen molar-refractivity contribution >= 4 is 11.9 Å². The third-order valence-corrected chi connectivity index (χ3v) is 2.93. The van der Waals surface area contributed by atoms with Gasteiger partial charge in [0.1, 0.15) is 0 Å². The average molecular weight is 389 g/mol. The first-order valence-corrected chi connectivity index (χ1v) is 7.20. The second kappa shape index (κ2) is 10.6. The summed E-state index contributed by atoms with van der Waals surface area (Å²) < 4.78 is 63.5. The number of alkyl halides is 6. The third-order valence-electron chi connectivity index (χ3n) is 2.93. The van der Waals surface area contributed by atoms with Crippen LogP contribution < -0.4 is 0 Å². The minimum absolute atomic E-state index is 1.14. The van der Waals surface area contributed by atoms with Gasteiger partial charge in [-0.15, -0.1) is 0 Å². The Labute approximate surface area is 144 Å². The second-order valence-electron chi connectivity index (χ2n) is 5.07. The highest BCUT2D eigenvalue weighted by Crippen LogP contribution is 2.14. The fourth-order valence-corrected chi connectivity index (χ4v) is 1.78. The number of aliphatic carboxylic acids is 2.